The molecule has 1 heterocycles. The van der Waals surface area contributed by atoms with Crippen molar-refractivity contribution >= 4 is 23.6 Å². The van der Waals surface area contributed by atoms with Crippen LogP contribution >= 0.6 is 11.8 Å². The molecule has 2 aromatic rings. The van der Waals surface area contributed by atoms with Crippen LogP contribution in [0.25, 0.3) is 0 Å². The summed E-state index contributed by atoms with van der Waals surface area (Å²) >= 11 is 1.36. The Morgan fingerprint density at radius 1 is 1.26 bits per heavy atom. The van der Waals surface area contributed by atoms with E-state index in [9.17, 15) is 9.59 Å². The molecule has 0 unspecified atom stereocenters. The van der Waals surface area contributed by atoms with Crippen molar-refractivity contribution in [1.82, 2.24) is 25.4 Å². The molecule has 1 aromatic heterocycles. The molecule has 1 saturated carbocycles. The van der Waals surface area contributed by atoms with Crippen LogP contribution in [0.3, 0.4) is 0 Å². The van der Waals surface area contributed by atoms with Gasteiger partial charge in [-0.2, -0.15) is 0 Å². The monoisotopic (exact) mass is 441 g/mol. The highest BCUT2D eigenvalue weighted by Crippen LogP contribution is 2.25. The van der Waals surface area contributed by atoms with Crippen LogP contribution in [0.2, 0.25) is 0 Å². The smallest absolute Gasteiger partial charge is 0.251 e. The molecule has 0 spiro atoms. The average Bonchev–Trinajstić information content (AvgIpc) is 3.17. The molecule has 166 valence electrons. The first-order valence-electron chi connectivity index (χ1n) is 10.8. The van der Waals surface area contributed by atoms with E-state index >= 15 is 0 Å². The Morgan fingerprint density at radius 2 is 2.00 bits per heavy atom. The van der Waals surface area contributed by atoms with Crippen LogP contribution in [0.5, 0.6) is 0 Å². The van der Waals surface area contributed by atoms with Crippen molar-refractivity contribution in [3.8, 4) is 0 Å². The maximum Gasteiger partial charge on any atom is 0.251 e. The highest BCUT2D eigenvalue weighted by Gasteiger charge is 2.24. The number of hydrogen-bond acceptors (Lipinski definition) is 5. The van der Waals surface area contributed by atoms with Gasteiger partial charge >= 0.3 is 0 Å². The van der Waals surface area contributed by atoms with Crippen LogP contribution in [0.15, 0.2) is 48.1 Å². The van der Waals surface area contributed by atoms with Crippen molar-refractivity contribution in [3.05, 3.63) is 54.4 Å². The minimum atomic E-state index is -0.341. The lowest BCUT2D eigenvalue weighted by molar-refractivity contribution is -0.119. The van der Waals surface area contributed by atoms with E-state index in [-0.39, 0.29) is 29.7 Å². The first-order valence-corrected chi connectivity index (χ1v) is 11.8. The van der Waals surface area contributed by atoms with Gasteiger partial charge in [0.1, 0.15) is 0 Å². The Bertz CT molecular complexity index is 899. The second kappa shape index (κ2) is 11.1. The van der Waals surface area contributed by atoms with Crippen molar-refractivity contribution in [2.24, 2.45) is 5.92 Å². The number of nitrogens with one attached hydrogen (secondary N) is 2. The molecule has 0 radical (unpaired) electrons. The van der Waals surface area contributed by atoms with Crippen molar-refractivity contribution in [3.63, 3.8) is 0 Å². The summed E-state index contributed by atoms with van der Waals surface area (Å²) in [7, 11) is 0. The molecule has 3 rings (SSSR count). The molecule has 1 aliphatic rings. The topological polar surface area (TPSA) is 88.9 Å². The number of benzene rings is 1. The third-order valence-corrected chi connectivity index (χ3v) is 6.58. The Balaban J connectivity index is 1.62. The van der Waals surface area contributed by atoms with E-state index in [1.807, 2.05) is 29.7 Å². The van der Waals surface area contributed by atoms with E-state index in [2.05, 4.69) is 34.3 Å². The molecule has 31 heavy (non-hydrogen) atoms. The summed E-state index contributed by atoms with van der Waals surface area (Å²) in [5.74, 6) is 1.28. The molecule has 0 saturated heterocycles. The van der Waals surface area contributed by atoms with Crippen molar-refractivity contribution in [1.29, 1.82) is 0 Å². The Labute approximate surface area is 188 Å². The van der Waals surface area contributed by atoms with E-state index in [1.54, 1.807) is 18.2 Å². The third-order valence-electron chi connectivity index (χ3n) is 5.62. The molecule has 1 fully saturated rings. The van der Waals surface area contributed by atoms with Gasteiger partial charge in [0.05, 0.1) is 11.8 Å². The van der Waals surface area contributed by atoms with Crippen LogP contribution in [0, 0.1) is 5.92 Å². The summed E-state index contributed by atoms with van der Waals surface area (Å²) < 4.78 is 1.89. The average molecular weight is 442 g/mol. The van der Waals surface area contributed by atoms with Gasteiger partial charge < -0.3 is 15.2 Å². The highest BCUT2D eigenvalue weighted by atomic mass is 32.2. The molecule has 2 amide bonds. The molecule has 1 aliphatic carbocycles. The maximum absolute atomic E-state index is 12.5. The number of amides is 2. The summed E-state index contributed by atoms with van der Waals surface area (Å²) in [5, 5.41) is 15.3. The van der Waals surface area contributed by atoms with Gasteiger partial charge in [-0.15, -0.1) is 16.8 Å². The maximum atomic E-state index is 12.5. The first kappa shape index (κ1) is 23.1. The Hall–Kier alpha value is -2.61. The van der Waals surface area contributed by atoms with Gasteiger partial charge in [-0.1, -0.05) is 55.8 Å². The Morgan fingerprint density at radius 3 is 2.71 bits per heavy atom. The van der Waals surface area contributed by atoms with Crippen LogP contribution in [-0.2, 0) is 11.3 Å². The zero-order valence-corrected chi connectivity index (χ0v) is 19.0. The van der Waals surface area contributed by atoms with Crippen molar-refractivity contribution in [2.45, 2.75) is 63.3 Å². The van der Waals surface area contributed by atoms with Gasteiger partial charge in [0.2, 0.25) is 5.91 Å². The standard InChI is InChI=1S/C23H31N5O2S/c1-4-14-28-21(17(3)24-22(30)18-11-6-5-7-12-18)26-27-23(28)31-15-20(29)25-19-13-9-8-10-16(19)2/h4-7,11-12,16-17,19H,1,8-10,13-15H2,2-3H3,(H,24,30)(H,25,29)/t16-,17-,19+/m0/s1. The molecule has 3 atom stereocenters. The zero-order valence-electron chi connectivity index (χ0n) is 18.2. The van der Waals surface area contributed by atoms with Crippen LogP contribution in [-0.4, -0.2) is 38.4 Å². The number of thioether (sulfide) groups is 1. The second-order valence-electron chi connectivity index (χ2n) is 8.03. The summed E-state index contributed by atoms with van der Waals surface area (Å²) in [5.41, 5.74) is 0.590. The lowest BCUT2D eigenvalue weighted by Crippen LogP contribution is -2.41. The van der Waals surface area contributed by atoms with Crippen LogP contribution < -0.4 is 10.6 Å². The first-order chi connectivity index (χ1) is 15.0. The van der Waals surface area contributed by atoms with Gasteiger partial charge in [0.25, 0.3) is 5.91 Å². The predicted molar refractivity (Wildman–Crippen MR) is 123 cm³/mol. The number of carbonyl (C=O) groups is 2. The molecular weight excluding hydrogens is 410 g/mol. The van der Waals surface area contributed by atoms with Gasteiger partial charge in [-0.3, -0.25) is 9.59 Å². The van der Waals surface area contributed by atoms with Crippen LogP contribution in [0.1, 0.15) is 61.8 Å². The molecule has 0 aliphatic heterocycles. The molecule has 7 nitrogen and oxygen atoms in total. The van der Waals surface area contributed by atoms with Gasteiger partial charge in [0.15, 0.2) is 11.0 Å². The van der Waals surface area contributed by atoms with E-state index in [4.69, 9.17) is 0 Å². The molecule has 2 N–H and O–H groups in total. The number of carbonyl (C=O) groups excluding carboxylic acids is 2. The fourth-order valence-corrected chi connectivity index (χ4v) is 4.64. The molecule has 8 heteroatoms. The lowest BCUT2D eigenvalue weighted by Gasteiger charge is -2.29. The zero-order chi connectivity index (χ0) is 22.2. The number of allylic oxidation sites excluding steroid dienone is 1. The SMILES string of the molecule is C=CCn1c(SCC(=O)N[C@@H]2CCCC[C@@H]2C)nnc1[C@H](C)NC(=O)c1ccccc1. The minimum absolute atomic E-state index is 0.0175. The van der Waals surface area contributed by atoms with E-state index in [0.717, 1.165) is 6.42 Å². The van der Waals surface area contributed by atoms with E-state index in [0.29, 0.717) is 29.0 Å². The molecule has 1 aromatic carbocycles. The molecule has 0 bridgehead atoms. The largest absolute Gasteiger partial charge is 0.352 e. The number of rotatable bonds is 9. The van der Waals surface area contributed by atoms with Gasteiger partial charge in [0, 0.05) is 18.2 Å². The van der Waals surface area contributed by atoms with Crippen LogP contribution in [0.4, 0.5) is 0 Å². The van der Waals surface area contributed by atoms with Crippen molar-refractivity contribution in [2.75, 3.05) is 5.75 Å². The number of hydrogen-bond donors (Lipinski definition) is 2. The van der Waals surface area contributed by atoms with Gasteiger partial charge in [-0.05, 0) is 37.8 Å². The summed E-state index contributed by atoms with van der Waals surface area (Å²) in [6.07, 6.45) is 6.39. The van der Waals surface area contributed by atoms with E-state index in [1.165, 1.54) is 31.0 Å². The second-order valence-corrected chi connectivity index (χ2v) is 8.97. The Kier molecular flexibility index (Phi) is 8.28. The summed E-state index contributed by atoms with van der Waals surface area (Å²) in [4.78, 5) is 25.0. The predicted octanol–water partition coefficient (Wildman–Crippen LogP) is 3.74. The summed E-state index contributed by atoms with van der Waals surface area (Å²) in [6.45, 7) is 8.39. The summed E-state index contributed by atoms with van der Waals surface area (Å²) in [6, 6.07) is 8.98. The van der Waals surface area contributed by atoms with Gasteiger partial charge in [-0.25, -0.2) is 0 Å². The normalized spacial score (nSPS) is 19.4. The highest BCUT2D eigenvalue weighted by molar-refractivity contribution is 7.99. The fraction of sp³-hybridized carbons (Fsp3) is 0.478. The number of nitrogens with zero attached hydrogens (tertiary/aromatic N) is 3. The lowest BCUT2D eigenvalue weighted by atomic mass is 9.86. The minimum Gasteiger partial charge on any atom is -0.352 e. The van der Waals surface area contributed by atoms with E-state index < -0.39 is 0 Å². The van der Waals surface area contributed by atoms with Crippen molar-refractivity contribution < 1.29 is 9.59 Å². The fourth-order valence-electron chi connectivity index (χ4n) is 3.87. The molecular formula is C23H31N5O2S. The number of aromatic nitrogens is 3. The quantitative estimate of drug-likeness (QED) is 0.457. The third kappa shape index (κ3) is 6.19.